The van der Waals surface area contributed by atoms with E-state index in [9.17, 15) is 10.2 Å². The average Bonchev–Trinajstić information content (AvgIpc) is 2.23. The Labute approximate surface area is 88.4 Å². The van der Waals surface area contributed by atoms with Crippen LogP contribution < -0.4 is 0 Å². The zero-order valence-electron chi connectivity index (χ0n) is 8.36. The molecule has 2 N–H and O–H groups in total. The highest BCUT2D eigenvalue weighted by Crippen LogP contribution is 2.30. The van der Waals surface area contributed by atoms with E-state index in [4.69, 9.17) is 0 Å². The first-order valence-electron chi connectivity index (χ1n) is 4.67. The Morgan fingerprint density at radius 2 is 1.87 bits per heavy atom. The maximum Gasteiger partial charge on any atom is 0.124 e. The van der Waals surface area contributed by atoms with Crippen molar-refractivity contribution < 1.29 is 10.2 Å². The summed E-state index contributed by atoms with van der Waals surface area (Å²) in [5.74, 6) is 0.461. The van der Waals surface area contributed by atoms with Crippen molar-refractivity contribution in [3.05, 3.63) is 48.0 Å². The van der Waals surface area contributed by atoms with E-state index in [1.807, 2.05) is 13.0 Å². The van der Waals surface area contributed by atoms with E-state index in [0.29, 0.717) is 0 Å². The molecule has 2 heteroatoms. The SMILES string of the molecule is Cc1cc(-c2cc[c]cc2O)ccc1O. The predicted octanol–water partition coefficient (Wildman–Crippen LogP) is 2.87. The number of hydrogen-bond donors (Lipinski definition) is 2. The van der Waals surface area contributed by atoms with E-state index in [0.717, 1.165) is 16.7 Å². The van der Waals surface area contributed by atoms with E-state index < -0.39 is 0 Å². The maximum absolute atomic E-state index is 9.63. The number of aryl methyl sites for hydroxylation is 1. The number of rotatable bonds is 1. The molecule has 0 aliphatic heterocycles. The lowest BCUT2D eigenvalue weighted by Crippen LogP contribution is -1.81. The summed E-state index contributed by atoms with van der Waals surface area (Å²) in [5.41, 5.74) is 2.42. The number of phenolic OH excluding ortho intramolecular Hbond substituents is 2. The Bertz CT molecular complexity index is 490. The van der Waals surface area contributed by atoms with Crippen LogP contribution in [-0.2, 0) is 0 Å². The van der Waals surface area contributed by atoms with E-state index >= 15 is 0 Å². The van der Waals surface area contributed by atoms with Gasteiger partial charge in [-0.2, -0.15) is 0 Å². The zero-order valence-corrected chi connectivity index (χ0v) is 8.36. The summed E-state index contributed by atoms with van der Waals surface area (Å²) in [6.07, 6.45) is 0. The smallest absolute Gasteiger partial charge is 0.124 e. The topological polar surface area (TPSA) is 40.5 Å². The second-order valence-electron chi connectivity index (χ2n) is 3.44. The Morgan fingerprint density at radius 1 is 1.07 bits per heavy atom. The number of phenols is 2. The number of hydrogen-bond acceptors (Lipinski definition) is 2. The lowest BCUT2D eigenvalue weighted by atomic mass is 10.0. The van der Waals surface area contributed by atoms with Crippen molar-refractivity contribution in [3.63, 3.8) is 0 Å². The quantitative estimate of drug-likeness (QED) is 0.741. The summed E-state index contributed by atoms with van der Waals surface area (Å²) in [5, 5.41) is 19.0. The predicted molar refractivity (Wildman–Crippen MR) is 58.8 cm³/mol. The molecular formula is C13H11O2. The Hall–Kier alpha value is -1.96. The Balaban J connectivity index is 2.55. The summed E-state index contributed by atoms with van der Waals surface area (Å²) < 4.78 is 0. The fraction of sp³-hybridized carbons (Fsp3) is 0.0769. The Morgan fingerprint density at radius 3 is 2.53 bits per heavy atom. The van der Waals surface area contributed by atoms with Crippen LogP contribution in [0.1, 0.15) is 5.56 Å². The molecule has 0 unspecified atom stereocenters. The Kier molecular flexibility index (Phi) is 2.34. The maximum atomic E-state index is 9.63. The van der Waals surface area contributed by atoms with E-state index in [-0.39, 0.29) is 11.5 Å². The van der Waals surface area contributed by atoms with Gasteiger partial charge in [0, 0.05) is 5.56 Å². The largest absolute Gasteiger partial charge is 0.508 e. The third-order valence-electron chi connectivity index (χ3n) is 2.35. The third-order valence-corrected chi connectivity index (χ3v) is 2.35. The molecule has 0 aliphatic rings. The van der Waals surface area contributed by atoms with Crippen molar-refractivity contribution in [2.24, 2.45) is 0 Å². The molecule has 2 aromatic rings. The lowest BCUT2D eigenvalue weighted by molar-refractivity contribution is 0.470. The first-order valence-corrected chi connectivity index (χ1v) is 4.67. The molecule has 0 aliphatic carbocycles. The standard InChI is InChI=1S/C13H11O2/c1-9-8-10(6-7-12(9)14)11-4-2-3-5-13(11)15/h2,4-8,14-15H,1H3. The normalized spacial score (nSPS) is 10.2. The minimum absolute atomic E-state index is 0.197. The first kappa shape index (κ1) is 9.59. The van der Waals surface area contributed by atoms with Crippen LogP contribution in [0, 0.1) is 13.0 Å². The van der Waals surface area contributed by atoms with Crippen LogP contribution in [-0.4, -0.2) is 10.2 Å². The van der Waals surface area contributed by atoms with Crippen LogP contribution in [0.2, 0.25) is 0 Å². The molecule has 15 heavy (non-hydrogen) atoms. The van der Waals surface area contributed by atoms with Crippen molar-refractivity contribution in [1.29, 1.82) is 0 Å². The summed E-state index contributed by atoms with van der Waals surface area (Å²) in [7, 11) is 0. The molecule has 0 amide bonds. The van der Waals surface area contributed by atoms with Crippen molar-refractivity contribution in [2.45, 2.75) is 6.92 Å². The van der Waals surface area contributed by atoms with Gasteiger partial charge in [0.15, 0.2) is 0 Å². The van der Waals surface area contributed by atoms with Crippen LogP contribution >= 0.6 is 0 Å². The van der Waals surface area contributed by atoms with Crippen molar-refractivity contribution in [2.75, 3.05) is 0 Å². The molecule has 0 aromatic heterocycles. The molecule has 1 radical (unpaired) electrons. The fourth-order valence-electron chi connectivity index (χ4n) is 1.49. The molecule has 2 nitrogen and oxygen atoms in total. The summed E-state index contributed by atoms with van der Waals surface area (Å²) in [4.78, 5) is 0. The molecule has 0 atom stereocenters. The number of benzene rings is 2. The van der Waals surface area contributed by atoms with Crippen molar-refractivity contribution in [3.8, 4) is 22.6 Å². The van der Waals surface area contributed by atoms with Gasteiger partial charge in [-0.3, -0.25) is 0 Å². The van der Waals surface area contributed by atoms with Crippen LogP contribution in [0.5, 0.6) is 11.5 Å². The first-order chi connectivity index (χ1) is 7.18. The fourth-order valence-corrected chi connectivity index (χ4v) is 1.49. The van der Waals surface area contributed by atoms with Crippen LogP contribution in [0.3, 0.4) is 0 Å². The van der Waals surface area contributed by atoms with Gasteiger partial charge in [0.2, 0.25) is 0 Å². The monoisotopic (exact) mass is 199 g/mol. The lowest BCUT2D eigenvalue weighted by Gasteiger charge is -2.06. The van der Waals surface area contributed by atoms with Gasteiger partial charge >= 0.3 is 0 Å². The minimum Gasteiger partial charge on any atom is -0.508 e. The van der Waals surface area contributed by atoms with Crippen LogP contribution in [0.25, 0.3) is 11.1 Å². The second-order valence-corrected chi connectivity index (χ2v) is 3.44. The molecule has 75 valence electrons. The molecule has 0 fully saturated rings. The van der Waals surface area contributed by atoms with Gasteiger partial charge in [-0.05, 0) is 42.3 Å². The summed E-state index contributed by atoms with van der Waals surface area (Å²) in [6.45, 7) is 1.82. The van der Waals surface area contributed by atoms with Gasteiger partial charge in [-0.15, -0.1) is 0 Å². The van der Waals surface area contributed by atoms with E-state index in [2.05, 4.69) is 6.07 Å². The summed E-state index contributed by atoms with van der Waals surface area (Å²) in [6, 6.07) is 13.1. The average molecular weight is 199 g/mol. The van der Waals surface area contributed by atoms with Gasteiger partial charge in [0.1, 0.15) is 11.5 Å². The minimum atomic E-state index is 0.197. The van der Waals surface area contributed by atoms with Crippen molar-refractivity contribution in [1.82, 2.24) is 0 Å². The van der Waals surface area contributed by atoms with Gasteiger partial charge in [0.25, 0.3) is 0 Å². The molecular weight excluding hydrogens is 188 g/mol. The van der Waals surface area contributed by atoms with Gasteiger partial charge in [-0.25, -0.2) is 0 Å². The van der Waals surface area contributed by atoms with Crippen LogP contribution in [0.4, 0.5) is 0 Å². The highest BCUT2D eigenvalue weighted by atomic mass is 16.3. The van der Waals surface area contributed by atoms with Gasteiger partial charge < -0.3 is 10.2 Å². The molecule has 2 aromatic carbocycles. The molecule has 0 saturated heterocycles. The molecule has 0 saturated carbocycles. The van der Waals surface area contributed by atoms with Gasteiger partial charge in [-0.1, -0.05) is 18.2 Å². The van der Waals surface area contributed by atoms with Gasteiger partial charge in [0.05, 0.1) is 0 Å². The van der Waals surface area contributed by atoms with Crippen molar-refractivity contribution >= 4 is 0 Å². The molecule has 0 spiro atoms. The third kappa shape index (κ3) is 1.79. The molecule has 0 heterocycles. The second kappa shape index (κ2) is 3.65. The summed E-state index contributed by atoms with van der Waals surface area (Å²) >= 11 is 0. The zero-order chi connectivity index (χ0) is 10.8. The van der Waals surface area contributed by atoms with E-state index in [1.54, 1.807) is 24.3 Å². The molecule has 2 rings (SSSR count). The number of aromatic hydroxyl groups is 2. The highest BCUT2D eigenvalue weighted by molar-refractivity contribution is 5.71. The highest BCUT2D eigenvalue weighted by Gasteiger charge is 2.04. The van der Waals surface area contributed by atoms with Crippen LogP contribution in [0.15, 0.2) is 36.4 Å². The molecule has 0 bridgehead atoms. The van der Waals surface area contributed by atoms with E-state index in [1.165, 1.54) is 6.07 Å².